The van der Waals surface area contributed by atoms with Crippen molar-refractivity contribution in [1.29, 1.82) is 0 Å². The van der Waals surface area contributed by atoms with Crippen LogP contribution in [0.5, 0.6) is 0 Å². The zero-order valence-corrected chi connectivity index (χ0v) is 12.3. The molecule has 1 aromatic rings. The van der Waals surface area contributed by atoms with Gasteiger partial charge in [-0.05, 0) is 31.9 Å². The maximum atomic E-state index is 12.3. The van der Waals surface area contributed by atoms with E-state index in [0.717, 1.165) is 25.7 Å². The second kappa shape index (κ2) is 7.17. The normalized spacial score (nSPS) is 17.0. The number of rotatable bonds is 4. The minimum absolute atomic E-state index is 0.199. The van der Waals surface area contributed by atoms with Crippen LogP contribution in [0.15, 0.2) is 18.3 Å². The summed E-state index contributed by atoms with van der Waals surface area (Å²) < 4.78 is 0. The van der Waals surface area contributed by atoms with Gasteiger partial charge in [0.15, 0.2) is 5.69 Å². The lowest BCUT2D eigenvalue weighted by atomic mass is 9.95. The van der Waals surface area contributed by atoms with Crippen LogP contribution in [0, 0.1) is 0 Å². The Kier molecular flexibility index (Phi) is 5.27. The zero-order chi connectivity index (χ0) is 15.2. The summed E-state index contributed by atoms with van der Waals surface area (Å²) in [7, 11) is 0. The lowest BCUT2D eigenvalue weighted by molar-refractivity contribution is -0.117. The summed E-state index contributed by atoms with van der Waals surface area (Å²) in [4.78, 5) is 28.1. The Labute approximate surface area is 124 Å². The number of aromatic nitrogens is 1. The van der Waals surface area contributed by atoms with Crippen LogP contribution in [0.25, 0.3) is 0 Å². The molecule has 0 aromatic carbocycles. The summed E-state index contributed by atoms with van der Waals surface area (Å²) in [6.07, 6.45) is 7.05. The molecule has 2 rings (SSSR count). The second-order valence-corrected chi connectivity index (χ2v) is 5.49. The number of amides is 2. The van der Waals surface area contributed by atoms with Crippen LogP contribution in [0.2, 0.25) is 0 Å². The first-order chi connectivity index (χ1) is 10.1. The summed E-state index contributed by atoms with van der Waals surface area (Å²) >= 11 is 0. The van der Waals surface area contributed by atoms with E-state index in [1.165, 1.54) is 12.6 Å². The number of anilines is 1. The Morgan fingerprint density at radius 1 is 1.33 bits per heavy atom. The Morgan fingerprint density at radius 2 is 2.05 bits per heavy atom. The smallest absolute Gasteiger partial charge is 0.272 e. The quantitative estimate of drug-likeness (QED) is 0.781. The van der Waals surface area contributed by atoms with Crippen molar-refractivity contribution in [3.8, 4) is 0 Å². The molecule has 1 fully saturated rings. The number of nitrogens with zero attached hydrogens (tertiary/aromatic N) is 1. The summed E-state index contributed by atoms with van der Waals surface area (Å²) in [5.41, 5.74) is 6.16. The van der Waals surface area contributed by atoms with Gasteiger partial charge < -0.3 is 16.4 Å². The number of nitrogens with one attached hydrogen (secondary N) is 2. The van der Waals surface area contributed by atoms with Crippen LogP contribution < -0.4 is 16.4 Å². The Balaban J connectivity index is 2.07. The highest BCUT2D eigenvalue weighted by molar-refractivity contribution is 6.03. The molecule has 2 amide bonds. The molecule has 1 saturated carbocycles. The fourth-order valence-electron chi connectivity index (χ4n) is 2.43. The molecular weight excluding hydrogens is 268 g/mol. The van der Waals surface area contributed by atoms with E-state index in [-0.39, 0.29) is 23.6 Å². The highest BCUT2D eigenvalue weighted by Crippen LogP contribution is 2.19. The van der Waals surface area contributed by atoms with Gasteiger partial charge in [-0.2, -0.15) is 0 Å². The van der Waals surface area contributed by atoms with Gasteiger partial charge >= 0.3 is 0 Å². The zero-order valence-electron chi connectivity index (χ0n) is 12.3. The predicted molar refractivity (Wildman–Crippen MR) is 80.9 cm³/mol. The molecule has 1 heterocycles. The molecule has 0 aliphatic heterocycles. The number of carbonyl (C=O) groups excluding carboxylic acids is 2. The van der Waals surface area contributed by atoms with Crippen molar-refractivity contribution < 1.29 is 9.59 Å². The largest absolute Gasteiger partial charge is 0.348 e. The maximum absolute atomic E-state index is 12.3. The van der Waals surface area contributed by atoms with Crippen molar-refractivity contribution in [2.75, 3.05) is 5.32 Å². The first kappa shape index (κ1) is 15.4. The summed E-state index contributed by atoms with van der Waals surface area (Å²) in [6, 6.07) is 2.89. The van der Waals surface area contributed by atoms with E-state index < -0.39 is 6.04 Å². The fraction of sp³-hybridized carbons (Fsp3) is 0.533. The van der Waals surface area contributed by atoms with Gasteiger partial charge in [0.05, 0.1) is 11.7 Å². The third-order valence-electron chi connectivity index (χ3n) is 3.63. The molecule has 1 aromatic heterocycles. The van der Waals surface area contributed by atoms with Crippen LogP contribution in [0.1, 0.15) is 49.5 Å². The van der Waals surface area contributed by atoms with Gasteiger partial charge in [-0.1, -0.05) is 19.3 Å². The standard InChI is InChI=1S/C15H22N4O2/c1-10(16)14(20)19-12-8-5-9-17-13(12)15(21)18-11-6-3-2-4-7-11/h5,8-11H,2-4,6-7,16H2,1H3,(H,18,21)(H,19,20). The lowest BCUT2D eigenvalue weighted by Crippen LogP contribution is -2.38. The first-order valence-electron chi connectivity index (χ1n) is 7.40. The molecule has 1 unspecified atom stereocenters. The number of hydrogen-bond acceptors (Lipinski definition) is 4. The molecule has 0 spiro atoms. The van der Waals surface area contributed by atoms with Crippen molar-refractivity contribution in [3.63, 3.8) is 0 Å². The lowest BCUT2D eigenvalue weighted by Gasteiger charge is -2.23. The number of pyridine rings is 1. The van der Waals surface area contributed by atoms with Gasteiger partial charge in [0.2, 0.25) is 5.91 Å². The van der Waals surface area contributed by atoms with Crippen LogP contribution in [0.3, 0.4) is 0 Å². The Hall–Kier alpha value is -1.95. The fourth-order valence-corrected chi connectivity index (χ4v) is 2.43. The van der Waals surface area contributed by atoms with Gasteiger partial charge in [0.1, 0.15) is 0 Å². The van der Waals surface area contributed by atoms with Crippen molar-refractivity contribution in [3.05, 3.63) is 24.0 Å². The predicted octanol–water partition coefficient (Wildman–Crippen LogP) is 1.43. The van der Waals surface area contributed by atoms with E-state index >= 15 is 0 Å². The van der Waals surface area contributed by atoms with Gasteiger partial charge in [0, 0.05) is 12.2 Å². The van der Waals surface area contributed by atoms with Gasteiger partial charge in [-0.15, -0.1) is 0 Å². The van der Waals surface area contributed by atoms with Crippen LogP contribution in [-0.4, -0.2) is 28.9 Å². The van der Waals surface area contributed by atoms with E-state index in [2.05, 4.69) is 15.6 Å². The summed E-state index contributed by atoms with van der Waals surface area (Å²) in [5, 5.41) is 5.63. The topological polar surface area (TPSA) is 97.1 Å². The molecule has 6 nitrogen and oxygen atoms in total. The van der Waals surface area contributed by atoms with E-state index in [1.807, 2.05) is 0 Å². The molecular formula is C15H22N4O2. The number of carbonyl (C=O) groups is 2. The molecule has 114 valence electrons. The molecule has 0 radical (unpaired) electrons. The molecule has 6 heteroatoms. The van der Waals surface area contributed by atoms with Crippen molar-refractivity contribution in [1.82, 2.24) is 10.3 Å². The molecule has 0 bridgehead atoms. The van der Waals surface area contributed by atoms with E-state index in [4.69, 9.17) is 5.73 Å². The average molecular weight is 290 g/mol. The van der Waals surface area contributed by atoms with Crippen LogP contribution in [-0.2, 0) is 4.79 Å². The minimum atomic E-state index is -0.639. The molecule has 0 saturated heterocycles. The van der Waals surface area contributed by atoms with E-state index in [0.29, 0.717) is 5.69 Å². The summed E-state index contributed by atoms with van der Waals surface area (Å²) in [5.74, 6) is -0.586. The minimum Gasteiger partial charge on any atom is -0.348 e. The summed E-state index contributed by atoms with van der Waals surface area (Å²) in [6.45, 7) is 1.59. The molecule has 1 aliphatic rings. The van der Waals surface area contributed by atoms with Crippen molar-refractivity contribution in [2.45, 2.75) is 51.1 Å². The van der Waals surface area contributed by atoms with Gasteiger partial charge in [-0.3, -0.25) is 9.59 Å². The average Bonchev–Trinajstić information content (AvgIpc) is 2.48. The van der Waals surface area contributed by atoms with E-state index in [9.17, 15) is 9.59 Å². The molecule has 21 heavy (non-hydrogen) atoms. The van der Waals surface area contributed by atoms with Gasteiger partial charge in [-0.25, -0.2) is 4.98 Å². The molecule has 1 aliphatic carbocycles. The van der Waals surface area contributed by atoms with Crippen molar-refractivity contribution in [2.24, 2.45) is 5.73 Å². The third kappa shape index (κ3) is 4.26. The van der Waals surface area contributed by atoms with Crippen LogP contribution in [0.4, 0.5) is 5.69 Å². The van der Waals surface area contributed by atoms with Gasteiger partial charge in [0.25, 0.3) is 5.91 Å². The SMILES string of the molecule is CC(N)C(=O)Nc1cccnc1C(=O)NC1CCCCC1. The second-order valence-electron chi connectivity index (χ2n) is 5.49. The first-order valence-corrected chi connectivity index (χ1v) is 7.40. The number of nitrogens with two attached hydrogens (primary N) is 1. The highest BCUT2D eigenvalue weighted by atomic mass is 16.2. The number of hydrogen-bond donors (Lipinski definition) is 3. The Morgan fingerprint density at radius 3 is 2.71 bits per heavy atom. The van der Waals surface area contributed by atoms with Crippen molar-refractivity contribution >= 4 is 17.5 Å². The molecule has 4 N–H and O–H groups in total. The third-order valence-corrected chi connectivity index (χ3v) is 3.63. The van der Waals surface area contributed by atoms with E-state index in [1.54, 1.807) is 19.1 Å². The monoisotopic (exact) mass is 290 g/mol. The molecule has 1 atom stereocenters. The maximum Gasteiger partial charge on any atom is 0.272 e. The Bertz CT molecular complexity index is 510. The highest BCUT2D eigenvalue weighted by Gasteiger charge is 2.20. The van der Waals surface area contributed by atoms with Crippen LogP contribution >= 0.6 is 0 Å².